The van der Waals surface area contributed by atoms with Gasteiger partial charge in [-0.3, -0.25) is 14.7 Å². The quantitative estimate of drug-likeness (QED) is 0.568. The van der Waals surface area contributed by atoms with Crippen molar-refractivity contribution < 1.29 is 28.9 Å². The maximum Gasteiger partial charge on any atom is 0.338 e. The Balaban J connectivity index is 0.00000324. The number of fused-ring (bicyclic) bond motifs is 1. The number of carbonyl (C=O) groups is 2. The monoisotopic (exact) mass is 488 g/mol. The summed E-state index contributed by atoms with van der Waals surface area (Å²) >= 11 is 0. The van der Waals surface area contributed by atoms with Gasteiger partial charge in [0.05, 0.1) is 43.4 Å². The van der Waals surface area contributed by atoms with Crippen molar-refractivity contribution in [3.05, 3.63) is 59.2 Å². The van der Waals surface area contributed by atoms with Crippen LogP contribution in [0.15, 0.2) is 47.5 Å². The van der Waals surface area contributed by atoms with Crippen molar-refractivity contribution in [3.63, 3.8) is 0 Å². The van der Waals surface area contributed by atoms with Crippen molar-refractivity contribution in [1.82, 2.24) is 4.90 Å². The third kappa shape index (κ3) is 5.09. The molecule has 0 amide bonds. The first kappa shape index (κ1) is 25.7. The summed E-state index contributed by atoms with van der Waals surface area (Å²) in [7, 11) is 1.57. The van der Waals surface area contributed by atoms with E-state index in [9.17, 15) is 14.7 Å². The predicted molar refractivity (Wildman–Crippen MR) is 130 cm³/mol. The standard InChI is InChI=1S/C25H28N2O6.ClH/c1-17-25(16-23(28)29,21-15-20(31-2)7-8-22(21)26-17)19-5-3-18(4-6-19)24(30)33-14-11-27-9-12-32-13-10-27;/h3-8,15H,9-14,16H2,1-2H3,(H,28,29);1H. The van der Waals surface area contributed by atoms with Gasteiger partial charge in [0.25, 0.3) is 0 Å². The fraction of sp³-hybridized carbons (Fsp3) is 0.400. The number of rotatable bonds is 8. The zero-order chi connectivity index (χ0) is 23.4. The number of aliphatic carboxylic acids is 1. The first-order chi connectivity index (χ1) is 15.9. The fourth-order valence-electron chi connectivity index (χ4n) is 4.54. The van der Waals surface area contributed by atoms with Crippen LogP contribution < -0.4 is 4.74 Å². The highest BCUT2D eigenvalue weighted by Gasteiger charge is 2.45. The summed E-state index contributed by atoms with van der Waals surface area (Å²) in [6, 6.07) is 12.4. The summed E-state index contributed by atoms with van der Waals surface area (Å²) in [4.78, 5) is 31.3. The van der Waals surface area contributed by atoms with Gasteiger partial charge < -0.3 is 19.3 Å². The Morgan fingerprint density at radius 3 is 2.50 bits per heavy atom. The molecule has 2 aliphatic heterocycles. The molecule has 8 nitrogen and oxygen atoms in total. The number of ether oxygens (including phenoxy) is 3. The van der Waals surface area contributed by atoms with E-state index in [4.69, 9.17) is 14.2 Å². The van der Waals surface area contributed by atoms with Gasteiger partial charge in [0.15, 0.2) is 0 Å². The van der Waals surface area contributed by atoms with Crippen LogP contribution in [0, 0.1) is 0 Å². The molecule has 1 N–H and O–H groups in total. The third-order valence-corrected chi connectivity index (χ3v) is 6.34. The summed E-state index contributed by atoms with van der Waals surface area (Å²) in [5.41, 5.74) is 2.43. The van der Waals surface area contributed by atoms with E-state index in [2.05, 4.69) is 9.89 Å². The largest absolute Gasteiger partial charge is 0.497 e. The minimum atomic E-state index is -0.938. The molecule has 1 unspecified atom stereocenters. The summed E-state index contributed by atoms with van der Waals surface area (Å²) in [6.07, 6.45) is -0.161. The van der Waals surface area contributed by atoms with Crippen LogP contribution >= 0.6 is 12.4 Å². The number of esters is 1. The van der Waals surface area contributed by atoms with Gasteiger partial charge in [-0.25, -0.2) is 4.79 Å². The summed E-state index contributed by atoms with van der Waals surface area (Å²) in [5, 5.41) is 9.75. The number of carboxylic acids is 1. The normalized spacial score (nSPS) is 19.5. The zero-order valence-corrected chi connectivity index (χ0v) is 20.1. The molecule has 182 valence electrons. The SMILES string of the molecule is COc1ccc2c(c1)C(CC(=O)O)(c1ccc(C(=O)OCCN3CCOCC3)cc1)C(C)=N2.Cl. The molecule has 0 saturated carbocycles. The Hall–Kier alpha value is -2.94. The average molecular weight is 489 g/mol. The molecule has 4 rings (SSSR count). The van der Waals surface area contributed by atoms with E-state index in [1.807, 2.05) is 25.1 Å². The molecule has 0 spiro atoms. The van der Waals surface area contributed by atoms with Crippen LogP contribution in [-0.4, -0.2) is 74.2 Å². The molecule has 9 heteroatoms. The van der Waals surface area contributed by atoms with Crippen molar-refractivity contribution in [3.8, 4) is 5.75 Å². The molecule has 0 radical (unpaired) electrons. The summed E-state index contributed by atoms with van der Waals surface area (Å²) in [6.45, 7) is 5.89. The highest BCUT2D eigenvalue weighted by atomic mass is 35.5. The van der Waals surface area contributed by atoms with Crippen LogP contribution in [0.1, 0.15) is 34.8 Å². The lowest BCUT2D eigenvalue weighted by Crippen LogP contribution is -2.38. The summed E-state index contributed by atoms with van der Waals surface area (Å²) < 4.78 is 16.1. The fourth-order valence-corrected chi connectivity index (χ4v) is 4.54. The number of methoxy groups -OCH3 is 1. The number of hydrogen-bond donors (Lipinski definition) is 1. The van der Waals surface area contributed by atoms with E-state index in [0.29, 0.717) is 43.4 Å². The minimum Gasteiger partial charge on any atom is -0.497 e. The van der Waals surface area contributed by atoms with Gasteiger partial charge in [0, 0.05) is 25.3 Å². The molecular formula is C25H29ClN2O6. The molecular weight excluding hydrogens is 460 g/mol. The Labute approximate surface area is 204 Å². The average Bonchev–Trinajstić information content (AvgIpc) is 3.10. The van der Waals surface area contributed by atoms with Crippen LogP contribution in [0.25, 0.3) is 0 Å². The molecule has 2 aromatic rings. The number of aliphatic imine (C=N–C) groups is 1. The topological polar surface area (TPSA) is 97.7 Å². The minimum absolute atomic E-state index is 0. The van der Waals surface area contributed by atoms with Crippen LogP contribution in [0.5, 0.6) is 5.75 Å². The van der Waals surface area contributed by atoms with Crippen LogP contribution in [0.3, 0.4) is 0 Å². The van der Waals surface area contributed by atoms with Gasteiger partial charge in [-0.2, -0.15) is 0 Å². The van der Waals surface area contributed by atoms with Crippen molar-refractivity contribution in [2.24, 2.45) is 4.99 Å². The first-order valence-electron chi connectivity index (χ1n) is 11.0. The Kier molecular flexibility index (Phi) is 8.30. The highest BCUT2D eigenvalue weighted by molar-refractivity contribution is 6.05. The lowest BCUT2D eigenvalue weighted by molar-refractivity contribution is -0.137. The Morgan fingerprint density at radius 1 is 1.15 bits per heavy atom. The second-order valence-corrected chi connectivity index (χ2v) is 8.22. The third-order valence-electron chi connectivity index (χ3n) is 6.34. The Bertz CT molecular complexity index is 1070. The molecule has 0 aromatic heterocycles. The maximum atomic E-state index is 12.5. The molecule has 2 aliphatic rings. The van der Waals surface area contributed by atoms with Crippen molar-refractivity contribution in [2.45, 2.75) is 18.8 Å². The van der Waals surface area contributed by atoms with E-state index in [1.165, 1.54) is 0 Å². The highest BCUT2D eigenvalue weighted by Crippen LogP contribution is 2.48. The van der Waals surface area contributed by atoms with E-state index in [-0.39, 0.29) is 18.8 Å². The van der Waals surface area contributed by atoms with Crippen LogP contribution in [0.4, 0.5) is 5.69 Å². The second kappa shape index (κ2) is 11.0. The Morgan fingerprint density at radius 2 is 1.85 bits per heavy atom. The van der Waals surface area contributed by atoms with Crippen molar-refractivity contribution in [2.75, 3.05) is 46.6 Å². The van der Waals surface area contributed by atoms with Gasteiger partial charge in [-0.1, -0.05) is 12.1 Å². The van der Waals surface area contributed by atoms with E-state index in [0.717, 1.165) is 29.9 Å². The number of nitrogens with zero attached hydrogens (tertiary/aromatic N) is 2. The van der Waals surface area contributed by atoms with Crippen LogP contribution in [-0.2, 0) is 19.7 Å². The van der Waals surface area contributed by atoms with Crippen molar-refractivity contribution in [1.29, 1.82) is 0 Å². The zero-order valence-electron chi connectivity index (χ0n) is 19.3. The number of morpholine rings is 1. The molecule has 34 heavy (non-hydrogen) atoms. The maximum absolute atomic E-state index is 12.5. The number of carboxylic acid groups (broad SMARTS) is 1. The van der Waals surface area contributed by atoms with Gasteiger partial charge in [0.2, 0.25) is 0 Å². The lowest BCUT2D eigenvalue weighted by atomic mass is 9.70. The van der Waals surface area contributed by atoms with Gasteiger partial charge >= 0.3 is 11.9 Å². The molecule has 0 aliphatic carbocycles. The lowest BCUT2D eigenvalue weighted by Gasteiger charge is -2.30. The van der Waals surface area contributed by atoms with Crippen molar-refractivity contribution >= 4 is 35.7 Å². The van der Waals surface area contributed by atoms with E-state index >= 15 is 0 Å². The molecule has 1 fully saturated rings. The number of hydrogen-bond acceptors (Lipinski definition) is 7. The predicted octanol–water partition coefficient (Wildman–Crippen LogP) is 3.47. The van der Waals surface area contributed by atoms with Gasteiger partial charge in [0.1, 0.15) is 12.4 Å². The number of halogens is 1. The smallest absolute Gasteiger partial charge is 0.338 e. The molecule has 2 heterocycles. The molecule has 1 saturated heterocycles. The first-order valence-corrected chi connectivity index (χ1v) is 11.0. The molecule has 2 aromatic carbocycles. The van der Waals surface area contributed by atoms with Crippen LogP contribution in [0.2, 0.25) is 0 Å². The number of carbonyl (C=O) groups excluding carboxylic acids is 1. The second-order valence-electron chi connectivity index (χ2n) is 8.22. The molecule has 0 bridgehead atoms. The summed E-state index contributed by atoms with van der Waals surface area (Å²) in [5.74, 6) is -0.707. The van der Waals surface area contributed by atoms with E-state index < -0.39 is 17.4 Å². The number of benzene rings is 2. The molecule has 1 atom stereocenters. The van der Waals surface area contributed by atoms with E-state index in [1.54, 1.807) is 31.4 Å². The van der Waals surface area contributed by atoms with Gasteiger partial charge in [-0.15, -0.1) is 12.4 Å². The van der Waals surface area contributed by atoms with Gasteiger partial charge in [-0.05, 0) is 48.4 Å².